The first-order chi connectivity index (χ1) is 13.1. The number of fused-ring (bicyclic) bond motifs is 4. The molecule has 1 aromatic carbocycles. The number of benzene rings is 1. The van der Waals surface area contributed by atoms with E-state index >= 15 is 0 Å². The maximum absolute atomic E-state index is 11.8. The molecule has 0 N–H and O–H groups in total. The Morgan fingerprint density at radius 2 is 2.07 bits per heavy atom. The summed E-state index contributed by atoms with van der Waals surface area (Å²) in [6, 6.07) is 10.5. The fourth-order valence-corrected chi connectivity index (χ4v) is 4.56. The lowest BCUT2D eigenvalue weighted by atomic mass is 9.80. The number of Topliss-reactive ketones (excluding diaryl/α,β-unsaturated/α-hetero) is 1. The molecule has 27 heavy (non-hydrogen) atoms. The molecule has 139 valence electrons. The molecular formula is C21H24N5O. The van der Waals surface area contributed by atoms with Gasteiger partial charge in [0, 0.05) is 32.6 Å². The summed E-state index contributed by atoms with van der Waals surface area (Å²) in [6.45, 7) is 3.70. The quantitative estimate of drug-likeness (QED) is 0.811. The van der Waals surface area contributed by atoms with Crippen LogP contribution >= 0.6 is 0 Å². The van der Waals surface area contributed by atoms with Gasteiger partial charge in [0.1, 0.15) is 11.9 Å². The van der Waals surface area contributed by atoms with Gasteiger partial charge in [0.05, 0.1) is 17.8 Å². The van der Waals surface area contributed by atoms with Crippen LogP contribution in [0.15, 0.2) is 52.2 Å². The predicted octanol–water partition coefficient (Wildman–Crippen LogP) is 2.40. The highest BCUT2D eigenvalue weighted by Crippen LogP contribution is 2.42. The normalized spacial score (nSPS) is 26.0. The molecule has 0 aromatic heterocycles. The van der Waals surface area contributed by atoms with Crippen LogP contribution in [0.25, 0.3) is 0 Å². The van der Waals surface area contributed by atoms with E-state index in [2.05, 4.69) is 59.1 Å². The molecule has 2 unspecified atom stereocenters. The number of amidine groups is 1. The third-order valence-corrected chi connectivity index (χ3v) is 6.07. The lowest BCUT2D eigenvalue weighted by Gasteiger charge is -2.45. The second-order valence-corrected chi connectivity index (χ2v) is 7.87. The molecule has 0 amide bonds. The zero-order valence-electron chi connectivity index (χ0n) is 15.8. The molecule has 6 nitrogen and oxygen atoms in total. The van der Waals surface area contributed by atoms with Crippen molar-refractivity contribution in [3.63, 3.8) is 0 Å². The summed E-state index contributed by atoms with van der Waals surface area (Å²) >= 11 is 0. The summed E-state index contributed by atoms with van der Waals surface area (Å²) in [5.74, 6) is 2.21. The van der Waals surface area contributed by atoms with E-state index in [9.17, 15) is 4.79 Å². The Balaban J connectivity index is 1.49. The number of carbonyl (C=O) groups excluding carboxylic acids is 1. The first-order valence-electron chi connectivity index (χ1n) is 9.62. The average molecular weight is 362 g/mol. The highest BCUT2D eigenvalue weighted by atomic mass is 16.1. The van der Waals surface area contributed by atoms with Crippen molar-refractivity contribution in [2.45, 2.75) is 44.4 Å². The number of ketones is 1. The molecule has 1 radical (unpaired) electrons. The Labute approximate surface area is 159 Å². The number of hydrogen-bond acceptors (Lipinski definition) is 6. The highest BCUT2D eigenvalue weighted by Gasteiger charge is 2.52. The van der Waals surface area contributed by atoms with E-state index in [-0.39, 0.29) is 17.5 Å². The summed E-state index contributed by atoms with van der Waals surface area (Å²) in [6.07, 6.45) is 6.25. The topological polar surface area (TPSA) is 51.5 Å². The van der Waals surface area contributed by atoms with Gasteiger partial charge in [-0.15, -0.1) is 0 Å². The van der Waals surface area contributed by atoms with Crippen molar-refractivity contribution in [1.82, 2.24) is 14.7 Å². The minimum Gasteiger partial charge on any atom is -0.341 e. The number of carbonyl (C=O) groups is 1. The summed E-state index contributed by atoms with van der Waals surface area (Å²) in [7, 11) is 2.05. The largest absolute Gasteiger partial charge is 0.341 e. The lowest BCUT2D eigenvalue weighted by Crippen LogP contribution is -2.59. The van der Waals surface area contributed by atoms with Gasteiger partial charge in [0.2, 0.25) is 5.96 Å². The summed E-state index contributed by atoms with van der Waals surface area (Å²) < 4.78 is 0. The number of rotatable bonds is 2. The molecule has 1 aliphatic carbocycles. The summed E-state index contributed by atoms with van der Waals surface area (Å²) in [4.78, 5) is 28.4. The molecule has 1 fully saturated rings. The molecular weight excluding hydrogens is 338 g/mol. The van der Waals surface area contributed by atoms with Gasteiger partial charge in [-0.2, -0.15) is 0 Å². The SMILES string of the molecule is CC1N=C2C(=CN(C)C3=NCC4(C[CH]C(=O)CC4)N23)N1Cc1ccccc1. The Kier molecular flexibility index (Phi) is 3.64. The van der Waals surface area contributed by atoms with E-state index in [1.54, 1.807) is 0 Å². The van der Waals surface area contributed by atoms with Crippen LogP contribution in [0.2, 0.25) is 0 Å². The molecule has 4 aliphatic rings. The Hall–Kier alpha value is -2.63. The minimum atomic E-state index is -0.141. The van der Waals surface area contributed by atoms with Gasteiger partial charge in [-0.05, 0) is 25.3 Å². The number of aliphatic imine (C=N–C) groups is 2. The molecule has 1 aromatic rings. The standard InChI is InChI=1S/C21H24N5O/c1-15-23-19-18(25(15)12-16-6-4-3-5-7-16)13-24(2)20-22-14-21(26(19)20)10-8-17(27)9-11-21/h3-8,13,15H,9-12,14H2,1-2H3. The first kappa shape index (κ1) is 16.5. The van der Waals surface area contributed by atoms with Crippen LogP contribution in [-0.4, -0.2) is 57.6 Å². The summed E-state index contributed by atoms with van der Waals surface area (Å²) in [5, 5.41) is 0. The van der Waals surface area contributed by atoms with Gasteiger partial charge < -0.3 is 9.80 Å². The lowest BCUT2D eigenvalue weighted by molar-refractivity contribution is -0.118. The Morgan fingerprint density at radius 3 is 2.81 bits per heavy atom. The summed E-state index contributed by atoms with van der Waals surface area (Å²) in [5.41, 5.74) is 2.28. The molecule has 5 rings (SSSR count). The smallest absolute Gasteiger partial charge is 0.206 e. The number of nitrogens with zero attached hydrogens (tertiary/aromatic N) is 5. The fraction of sp³-hybridized carbons (Fsp3) is 0.429. The van der Waals surface area contributed by atoms with Crippen molar-refractivity contribution in [1.29, 1.82) is 0 Å². The third-order valence-electron chi connectivity index (χ3n) is 6.07. The van der Waals surface area contributed by atoms with Crippen molar-refractivity contribution in [2.75, 3.05) is 13.6 Å². The third kappa shape index (κ3) is 2.50. The van der Waals surface area contributed by atoms with Crippen LogP contribution in [-0.2, 0) is 11.3 Å². The maximum atomic E-state index is 11.8. The van der Waals surface area contributed by atoms with Crippen LogP contribution < -0.4 is 0 Å². The second kappa shape index (κ2) is 5.94. The van der Waals surface area contributed by atoms with Gasteiger partial charge in [-0.25, -0.2) is 9.98 Å². The zero-order valence-corrected chi connectivity index (χ0v) is 15.8. The van der Waals surface area contributed by atoms with E-state index in [0.29, 0.717) is 6.42 Å². The van der Waals surface area contributed by atoms with Crippen molar-refractivity contribution in [2.24, 2.45) is 9.98 Å². The first-order valence-corrected chi connectivity index (χ1v) is 9.62. The van der Waals surface area contributed by atoms with E-state index in [1.165, 1.54) is 5.56 Å². The van der Waals surface area contributed by atoms with Crippen molar-refractivity contribution >= 4 is 17.6 Å². The van der Waals surface area contributed by atoms with Gasteiger partial charge in [-0.1, -0.05) is 30.3 Å². The zero-order chi connectivity index (χ0) is 18.6. The molecule has 3 heterocycles. The van der Waals surface area contributed by atoms with Crippen LogP contribution in [0.3, 0.4) is 0 Å². The molecule has 0 bridgehead atoms. The Morgan fingerprint density at radius 1 is 1.26 bits per heavy atom. The molecule has 1 spiro atoms. The molecule has 3 aliphatic heterocycles. The van der Waals surface area contributed by atoms with Crippen LogP contribution in [0, 0.1) is 6.42 Å². The van der Waals surface area contributed by atoms with Gasteiger partial charge in [0.25, 0.3) is 0 Å². The van der Waals surface area contributed by atoms with Gasteiger partial charge in [0.15, 0.2) is 5.84 Å². The predicted molar refractivity (Wildman–Crippen MR) is 105 cm³/mol. The Bertz CT molecular complexity index is 862. The van der Waals surface area contributed by atoms with E-state index in [1.807, 2.05) is 12.5 Å². The second-order valence-electron chi connectivity index (χ2n) is 7.87. The average Bonchev–Trinajstić information content (AvgIpc) is 3.19. The van der Waals surface area contributed by atoms with Crippen LogP contribution in [0.5, 0.6) is 0 Å². The van der Waals surface area contributed by atoms with E-state index in [0.717, 1.165) is 43.4 Å². The van der Waals surface area contributed by atoms with Crippen molar-refractivity contribution in [3.05, 3.63) is 54.2 Å². The molecule has 2 atom stereocenters. The minimum absolute atomic E-state index is 0.0751. The number of hydrogen-bond donors (Lipinski definition) is 0. The van der Waals surface area contributed by atoms with Gasteiger partial charge >= 0.3 is 0 Å². The van der Waals surface area contributed by atoms with Gasteiger partial charge in [-0.3, -0.25) is 9.69 Å². The molecule has 1 saturated carbocycles. The number of guanidine groups is 1. The van der Waals surface area contributed by atoms with E-state index < -0.39 is 0 Å². The monoisotopic (exact) mass is 362 g/mol. The van der Waals surface area contributed by atoms with Crippen LogP contribution in [0.1, 0.15) is 31.7 Å². The fourth-order valence-electron chi connectivity index (χ4n) is 4.56. The van der Waals surface area contributed by atoms with E-state index in [4.69, 9.17) is 9.98 Å². The molecule has 0 saturated heterocycles. The maximum Gasteiger partial charge on any atom is 0.206 e. The molecule has 6 heteroatoms. The van der Waals surface area contributed by atoms with Crippen molar-refractivity contribution in [3.8, 4) is 0 Å². The van der Waals surface area contributed by atoms with Crippen LogP contribution in [0.4, 0.5) is 0 Å². The van der Waals surface area contributed by atoms with Crippen molar-refractivity contribution < 1.29 is 4.79 Å². The highest BCUT2D eigenvalue weighted by molar-refractivity contribution is 6.13.